The number of carbonyl (C=O) groups is 1. The minimum atomic E-state index is -0.193. The number of urea groups is 1. The van der Waals surface area contributed by atoms with Crippen molar-refractivity contribution in [2.75, 3.05) is 0 Å². The molecular weight excluding hydrogens is 238 g/mol. The highest BCUT2D eigenvalue weighted by molar-refractivity contribution is 5.74. The summed E-state index contributed by atoms with van der Waals surface area (Å²) in [4.78, 5) is 16.0. The minimum absolute atomic E-state index is 0.114. The monoisotopic (exact) mass is 255 g/mol. The molecule has 0 unspecified atom stereocenters. The summed E-state index contributed by atoms with van der Waals surface area (Å²) < 4.78 is 0. The van der Waals surface area contributed by atoms with Gasteiger partial charge in [0.2, 0.25) is 0 Å². The van der Waals surface area contributed by atoms with Crippen LogP contribution in [0.1, 0.15) is 24.2 Å². The van der Waals surface area contributed by atoms with Crippen LogP contribution in [-0.4, -0.2) is 11.0 Å². The van der Waals surface area contributed by atoms with E-state index < -0.39 is 0 Å². The topological polar surface area (TPSA) is 54.0 Å². The highest BCUT2D eigenvalue weighted by Crippen LogP contribution is 2.07. The Morgan fingerprint density at radius 1 is 1.16 bits per heavy atom. The van der Waals surface area contributed by atoms with Gasteiger partial charge in [0.1, 0.15) is 0 Å². The number of hydrogen-bond acceptors (Lipinski definition) is 2. The molecule has 0 fully saturated rings. The van der Waals surface area contributed by atoms with Crippen molar-refractivity contribution in [3.05, 3.63) is 66.0 Å². The lowest BCUT2D eigenvalue weighted by Crippen LogP contribution is -2.36. The maximum Gasteiger partial charge on any atom is 0.315 e. The van der Waals surface area contributed by atoms with Crippen LogP contribution in [0.3, 0.4) is 0 Å². The average molecular weight is 255 g/mol. The molecule has 2 amide bonds. The molecule has 19 heavy (non-hydrogen) atoms. The number of pyridine rings is 1. The van der Waals surface area contributed by atoms with E-state index in [0.29, 0.717) is 6.54 Å². The molecule has 0 saturated heterocycles. The fraction of sp³-hybridized carbons (Fsp3) is 0.200. The molecule has 0 spiro atoms. The summed E-state index contributed by atoms with van der Waals surface area (Å²) in [6.07, 6.45) is 1.72. The molecule has 2 N–H and O–H groups in total. The summed E-state index contributed by atoms with van der Waals surface area (Å²) in [5, 5.41) is 5.68. The first-order valence-corrected chi connectivity index (χ1v) is 6.25. The van der Waals surface area contributed by atoms with Crippen LogP contribution in [0.5, 0.6) is 0 Å². The van der Waals surface area contributed by atoms with E-state index in [1.165, 1.54) is 0 Å². The highest BCUT2D eigenvalue weighted by atomic mass is 16.2. The van der Waals surface area contributed by atoms with Gasteiger partial charge in [-0.05, 0) is 24.6 Å². The third-order valence-corrected chi connectivity index (χ3v) is 2.77. The quantitative estimate of drug-likeness (QED) is 0.882. The normalized spacial score (nSPS) is 11.6. The van der Waals surface area contributed by atoms with E-state index in [9.17, 15) is 4.79 Å². The summed E-state index contributed by atoms with van der Waals surface area (Å²) in [6.45, 7) is 2.42. The molecule has 4 heteroatoms. The number of rotatable bonds is 4. The van der Waals surface area contributed by atoms with Crippen molar-refractivity contribution in [1.29, 1.82) is 0 Å². The maximum absolute atomic E-state index is 11.8. The first-order chi connectivity index (χ1) is 9.25. The molecule has 0 aliphatic carbocycles. The molecule has 0 radical (unpaired) electrons. The third-order valence-electron chi connectivity index (χ3n) is 2.77. The average Bonchev–Trinajstić information content (AvgIpc) is 2.47. The Hall–Kier alpha value is -2.36. The standard InChI is InChI=1S/C15H17N3O/c1-12(14-9-5-6-10-16-14)18-15(19)17-11-13-7-3-2-4-8-13/h2-10,12H,11H2,1H3,(H2,17,18,19)/t12-/m1/s1. The Balaban J connectivity index is 1.82. The van der Waals surface area contributed by atoms with E-state index >= 15 is 0 Å². The lowest BCUT2D eigenvalue weighted by atomic mass is 10.2. The van der Waals surface area contributed by atoms with E-state index in [-0.39, 0.29) is 12.1 Å². The lowest BCUT2D eigenvalue weighted by molar-refractivity contribution is 0.237. The molecular formula is C15H17N3O. The molecule has 1 aromatic carbocycles. The highest BCUT2D eigenvalue weighted by Gasteiger charge is 2.09. The summed E-state index contributed by atoms with van der Waals surface area (Å²) in [7, 11) is 0. The Labute approximate surface area is 112 Å². The summed E-state index contributed by atoms with van der Waals surface area (Å²) >= 11 is 0. The van der Waals surface area contributed by atoms with Gasteiger partial charge in [-0.1, -0.05) is 36.4 Å². The van der Waals surface area contributed by atoms with Gasteiger partial charge in [-0.15, -0.1) is 0 Å². The van der Waals surface area contributed by atoms with Crippen molar-refractivity contribution in [3.63, 3.8) is 0 Å². The molecule has 0 aliphatic heterocycles. The summed E-state index contributed by atoms with van der Waals surface area (Å²) in [5.74, 6) is 0. The van der Waals surface area contributed by atoms with Crippen LogP contribution in [0.4, 0.5) is 4.79 Å². The van der Waals surface area contributed by atoms with E-state index in [2.05, 4.69) is 15.6 Å². The van der Waals surface area contributed by atoms with Gasteiger partial charge in [-0.2, -0.15) is 0 Å². The first kappa shape index (κ1) is 13.1. The van der Waals surface area contributed by atoms with Gasteiger partial charge in [0.05, 0.1) is 11.7 Å². The zero-order valence-corrected chi connectivity index (χ0v) is 10.8. The number of amides is 2. The zero-order chi connectivity index (χ0) is 13.5. The molecule has 1 aromatic heterocycles. The summed E-state index contributed by atoms with van der Waals surface area (Å²) in [6, 6.07) is 15.1. The number of nitrogens with zero attached hydrogens (tertiary/aromatic N) is 1. The van der Waals surface area contributed by atoms with Gasteiger partial charge < -0.3 is 10.6 Å². The number of hydrogen-bond donors (Lipinski definition) is 2. The van der Waals surface area contributed by atoms with E-state index in [1.807, 2.05) is 55.5 Å². The predicted octanol–water partition coefficient (Wildman–Crippen LogP) is 2.64. The van der Waals surface area contributed by atoms with Gasteiger partial charge in [-0.3, -0.25) is 4.98 Å². The Kier molecular flexibility index (Phi) is 4.50. The van der Waals surface area contributed by atoms with Crippen molar-refractivity contribution >= 4 is 6.03 Å². The lowest BCUT2D eigenvalue weighted by Gasteiger charge is -2.14. The Morgan fingerprint density at radius 3 is 2.58 bits per heavy atom. The SMILES string of the molecule is C[C@@H](NC(=O)NCc1ccccc1)c1ccccn1. The van der Waals surface area contributed by atoms with Gasteiger partial charge in [0.25, 0.3) is 0 Å². The van der Waals surface area contributed by atoms with Crippen LogP contribution in [0.15, 0.2) is 54.7 Å². The van der Waals surface area contributed by atoms with Gasteiger partial charge in [0, 0.05) is 12.7 Å². The van der Waals surface area contributed by atoms with Crippen LogP contribution in [0.2, 0.25) is 0 Å². The Bertz CT molecular complexity index is 513. The van der Waals surface area contributed by atoms with Crippen LogP contribution in [0.25, 0.3) is 0 Å². The first-order valence-electron chi connectivity index (χ1n) is 6.25. The molecule has 2 rings (SSSR count). The Morgan fingerprint density at radius 2 is 1.89 bits per heavy atom. The second-order valence-electron chi connectivity index (χ2n) is 4.29. The minimum Gasteiger partial charge on any atom is -0.334 e. The molecule has 0 saturated carbocycles. The predicted molar refractivity (Wildman–Crippen MR) is 74.5 cm³/mol. The number of carbonyl (C=O) groups excluding carboxylic acids is 1. The molecule has 1 heterocycles. The maximum atomic E-state index is 11.8. The zero-order valence-electron chi connectivity index (χ0n) is 10.8. The van der Waals surface area contributed by atoms with Crippen LogP contribution in [-0.2, 0) is 6.54 Å². The van der Waals surface area contributed by atoms with E-state index in [0.717, 1.165) is 11.3 Å². The molecule has 0 aliphatic rings. The van der Waals surface area contributed by atoms with Crippen molar-refractivity contribution in [3.8, 4) is 0 Å². The van der Waals surface area contributed by atoms with Crippen LogP contribution < -0.4 is 10.6 Å². The van der Waals surface area contributed by atoms with Crippen molar-refractivity contribution in [2.24, 2.45) is 0 Å². The number of aromatic nitrogens is 1. The fourth-order valence-electron chi connectivity index (χ4n) is 1.73. The molecule has 4 nitrogen and oxygen atoms in total. The molecule has 1 atom stereocenters. The largest absolute Gasteiger partial charge is 0.334 e. The molecule has 0 bridgehead atoms. The smallest absolute Gasteiger partial charge is 0.315 e. The van der Waals surface area contributed by atoms with Gasteiger partial charge >= 0.3 is 6.03 Å². The molecule has 98 valence electrons. The molecule has 2 aromatic rings. The van der Waals surface area contributed by atoms with Crippen molar-refractivity contribution in [1.82, 2.24) is 15.6 Å². The van der Waals surface area contributed by atoms with Crippen LogP contribution in [0, 0.1) is 0 Å². The van der Waals surface area contributed by atoms with Crippen LogP contribution >= 0.6 is 0 Å². The van der Waals surface area contributed by atoms with Crippen molar-refractivity contribution in [2.45, 2.75) is 19.5 Å². The third kappa shape index (κ3) is 4.10. The second-order valence-corrected chi connectivity index (χ2v) is 4.29. The number of nitrogens with one attached hydrogen (secondary N) is 2. The number of benzene rings is 1. The summed E-state index contributed by atoms with van der Waals surface area (Å²) in [5.41, 5.74) is 1.92. The van der Waals surface area contributed by atoms with E-state index in [1.54, 1.807) is 6.20 Å². The van der Waals surface area contributed by atoms with Crippen molar-refractivity contribution < 1.29 is 4.79 Å². The fourth-order valence-corrected chi connectivity index (χ4v) is 1.73. The van der Waals surface area contributed by atoms with E-state index in [4.69, 9.17) is 0 Å². The second kappa shape index (κ2) is 6.54. The van der Waals surface area contributed by atoms with Gasteiger partial charge in [-0.25, -0.2) is 4.79 Å². The van der Waals surface area contributed by atoms with Gasteiger partial charge in [0.15, 0.2) is 0 Å².